The van der Waals surface area contributed by atoms with E-state index >= 15 is 0 Å². The van der Waals surface area contributed by atoms with Crippen molar-refractivity contribution >= 4 is 27.5 Å². The van der Waals surface area contributed by atoms with E-state index in [2.05, 4.69) is 48.1 Å². The van der Waals surface area contributed by atoms with Crippen molar-refractivity contribution in [2.75, 3.05) is 13.2 Å². The van der Waals surface area contributed by atoms with E-state index in [4.69, 9.17) is 16.3 Å². The highest BCUT2D eigenvalue weighted by Crippen LogP contribution is 2.38. The molecule has 0 amide bonds. The summed E-state index contributed by atoms with van der Waals surface area (Å²) in [7, 11) is 0. The van der Waals surface area contributed by atoms with Crippen molar-refractivity contribution in [2.45, 2.75) is 38.8 Å². The second-order valence-corrected chi connectivity index (χ2v) is 7.46. The lowest BCUT2D eigenvalue weighted by molar-refractivity contribution is 0.0890. The van der Waals surface area contributed by atoms with E-state index in [0.717, 1.165) is 34.6 Å². The lowest BCUT2D eigenvalue weighted by Gasteiger charge is -2.26. The summed E-state index contributed by atoms with van der Waals surface area (Å²) in [5, 5.41) is 4.34. The van der Waals surface area contributed by atoms with Crippen molar-refractivity contribution in [2.24, 2.45) is 5.92 Å². The van der Waals surface area contributed by atoms with Crippen LogP contribution in [-0.2, 0) is 4.74 Å². The predicted octanol–water partition coefficient (Wildman–Crippen LogP) is 4.57. The molecule has 0 spiro atoms. The fourth-order valence-electron chi connectivity index (χ4n) is 2.36. The summed E-state index contributed by atoms with van der Waals surface area (Å²) >= 11 is 9.77. The van der Waals surface area contributed by atoms with Crippen molar-refractivity contribution in [1.29, 1.82) is 0 Å². The highest BCUT2D eigenvalue weighted by atomic mass is 79.9. The molecule has 2 rings (SSSR count). The van der Waals surface area contributed by atoms with Gasteiger partial charge in [0.2, 0.25) is 0 Å². The van der Waals surface area contributed by atoms with E-state index in [1.165, 1.54) is 0 Å². The number of nitrogens with one attached hydrogen (secondary N) is 1. The van der Waals surface area contributed by atoms with Crippen LogP contribution in [0.3, 0.4) is 0 Å². The average Bonchev–Trinajstić information content (AvgIpc) is 2.73. The summed E-state index contributed by atoms with van der Waals surface area (Å²) in [5.74, 6) is 0.484. The summed E-state index contributed by atoms with van der Waals surface area (Å²) in [4.78, 5) is 0. The second kappa shape index (κ2) is 6.13. The van der Waals surface area contributed by atoms with Gasteiger partial charge in [-0.3, -0.25) is 0 Å². The molecule has 1 heterocycles. The van der Waals surface area contributed by atoms with Crippen molar-refractivity contribution < 1.29 is 4.74 Å². The zero-order chi connectivity index (χ0) is 14.0. The van der Waals surface area contributed by atoms with Crippen LogP contribution in [0.25, 0.3) is 0 Å². The first-order valence-corrected chi connectivity index (χ1v) is 7.85. The quantitative estimate of drug-likeness (QED) is 0.865. The SMILES string of the molecule is CC(C)(C)NCC1CCOC1c1ccc(Br)cc1Cl. The predicted molar refractivity (Wildman–Crippen MR) is 83.7 cm³/mol. The van der Waals surface area contributed by atoms with Gasteiger partial charge in [-0.05, 0) is 44.9 Å². The number of halogens is 2. The monoisotopic (exact) mass is 345 g/mol. The topological polar surface area (TPSA) is 21.3 Å². The number of hydrogen-bond acceptors (Lipinski definition) is 2. The van der Waals surface area contributed by atoms with Crippen LogP contribution in [0, 0.1) is 5.92 Å². The van der Waals surface area contributed by atoms with Gasteiger partial charge >= 0.3 is 0 Å². The largest absolute Gasteiger partial charge is 0.373 e. The molecule has 1 aliphatic heterocycles. The highest BCUT2D eigenvalue weighted by Gasteiger charge is 2.31. The van der Waals surface area contributed by atoms with Crippen molar-refractivity contribution in [3.05, 3.63) is 33.3 Å². The van der Waals surface area contributed by atoms with Crippen molar-refractivity contribution in [3.63, 3.8) is 0 Å². The Kier molecular flexibility index (Phi) is 4.93. The minimum absolute atomic E-state index is 0.107. The van der Waals surface area contributed by atoms with Gasteiger partial charge in [-0.1, -0.05) is 33.6 Å². The Morgan fingerprint density at radius 2 is 2.16 bits per heavy atom. The molecule has 1 saturated heterocycles. The molecule has 2 unspecified atom stereocenters. The van der Waals surface area contributed by atoms with Crippen LogP contribution in [0.5, 0.6) is 0 Å². The van der Waals surface area contributed by atoms with E-state index in [1.54, 1.807) is 0 Å². The molecule has 19 heavy (non-hydrogen) atoms. The van der Waals surface area contributed by atoms with Crippen LogP contribution < -0.4 is 5.32 Å². The van der Waals surface area contributed by atoms with Crippen LogP contribution in [-0.4, -0.2) is 18.7 Å². The van der Waals surface area contributed by atoms with Gasteiger partial charge in [-0.25, -0.2) is 0 Å². The molecule has 1 fully saturated rings. The molecule has 2 atom stereocenters. The second-order valence-electron chi connectivity index (χ2n) is 6.14. The van der Waals surface area contributed by atoms with Crippen LogP contribution in [0.2, 0.25) is 5.02 Å². The number of rotatable bonds is 3. The number of hydrogen-bond donors (Lipinski definition) is 1. The average molecular weight is 347 g/mol. The minimum Gasteiger partial charge on any atom is -0.373 e. The van der Waals surface area contributed by atoms with Gasteiger partial charge in [-0.15, -0.1) is 0 Å². The third kappa shape index (κ3) is 4.19. The molecule has 1 N–H and O–H groups in total. The zero-order valence-corrected chi connectivity index (χ0v) is 14.0. The lowest BCUT2D eigenvalue weighted by atomic mass is 9.94. The Morgan fingerprint density at radius 3 is 2.79 bits per heavy atom. The normalized spacial score (nSPS) is 23.8. The molecular weight excluding hydrogens is 326 g/mol. The van der Waals surface area contributed by atoms with Gasteiger partial charge in [0, 0.05) is 34.1 Å². The van der Waals surface area contributed by atoms with Crippen LogP contribution >= 0.6 is 27.5 Å². The summed E-state index contributed by atoms with van der Waals surface area (Å²) in [6.45, 7) is 8.33. The molecule has 4 heteroatoms. The molecule has 0 aromatic heterocycles. The summed E-state index contributed by atoms with van der Waals surface area (Å²) in [6, 6.07) is 6.02. The molecule has 0 bridgehead atoms. The Hall–Kier alpha value is -0.0900. The standard InChI is InChI=1S/C15H21BrClNO/c1-15(2,3)18-9-10-6-7-19-14(10)12-5-4-11(16)8-13(12)17/h4-5,8,10,14,18H,6-7,9H2,1-3H3. The van der Waals surface area contributed by atoms with Crippen molar-refractivity contribution in [1.82, 2.24) is 5.32 Å². The zero-order valence-electron chi connectivity index (χ0n) is 11.7. The van der Waals surface area contributed by atoms with E-state index in [9.17, 15) is 0 Å². The molecule has 1 aliphatic rings. The van der Waals surface area contributed by atoms with Crippen molar-refractivity contribution in [3.8, 4) is 0 Å². The van der Waals surface area contributed by atoms with Gasteiger partial charge in [0.15, 0.2) is 0 Å². The first kappa shape index (κ1) is 15.3. The fourth-order valence-corrected chi connectivity index (χ4v) is 3.14. The Bertz CT molecular complexity index is 444. The highest BCUT2D eigenvalue weighted by molar-refractivity contribution is 9.10. The van der Waals surface area contributed by atoms with Gasteiger partial charge in [0.25, 0.3) is 0 Å². The van der Waals surface area contributed by atoms with E-state index < -0.39 is 0 Å². The van der Waals surface area contributed by atoms with E-state index in [-0.39, 0.29) is 11.6 Å². The molecule has 1 aromatic rings. The van der Waals surface area contributed by atoms with Crippen LogP contribution in [0.4, 0.5) is 0 Å². The summed E-state index contributed by atoms with van der Waals surface area (Å²) < 4.78 is 6.90. The van der Waals surface area contributed by atoms with Gasteiger partial charge in [0.1, 0.15) is 0 Å². The Morgan fingerprint density at radius 1 is 1.42 bits per heavy atom. The first-order valence-electron chi connectivity index (χ1n) is 6.68. The maximum Gasteiger partial charge on any atom is 0.0880 e. The van der Waals surface area contributed by atoms with Gasteiger partial charge in [-0.2, -0.15) is 0 Å². The summed E-state index contributed by atoms with van der Waals surface area (Å²) in [6.07, 6.45) is 1.19. The van der Waals surface area contributed by atoms with E-state index in [0.29, 0.717) is 5.92 Å². The fraction of sp³-hybridized carbons (Fsp3) is 0.600. The number of benzene rings is 1. The minimum atomic E-state index is 0.107. The molecule has 0 radical (unpaired) electrons. The molecule has 106 valence electrons. The summed E-state index contributed by atoms with van der Waals surface area (Å²) in [5.41, 5.74) is 1.24. The van der Waals surface area contributed by atoms with E-state index in [1.807, 2.05) is 12.1 Å². The lowest BCUT2D eigenvalue weighted by Crippen LogP contribution is -2.39. The Balaban J connectivity index is 2.10. The Labute approximate surface area is 129 Å². The maximum atomic E-state index is 6.33. The molecule has 2 nitrogen and oxygen atoms in total. The van der Waals surface area contributed by atoms with Gasteiger partial charge in [0.05, 0.1) is 6.10 Å². The maximum absolute atomic E-state index is 6.33. The smallest absolute Gasteiger partial charge is 0.0880 e. The molecule has 0 saturated carbocycles. The number of ether oxygens (including phenoxy) is 1. The molecule has 1 aromatic carbocycles. The third-order valence-electron chi connectivity index (χ3n) is 3.38. The molecule has 0 aliphatic carbocycles. The third-order valence-corrected chi connectivity index (χ3v) is 4.20. The van der Waals surface area contributed by atoms with Crippen LogP contribution in [0.1, 0.15) is 38.9 Å². The van der Waals surface area contributed by atoms with Gasteiger partial charge < -0.3 is 10.1 Å². The van der Waals surface area contributed by atoms with Crippen LogP contribution in [0.15, 0.2) is 22.7 Å². The first-order chi connectivity index (χ1) is 8.87. The molecular formula is C15H21BrClNO.